The average molecular weight is 423 g/mol. The lowest BCUT2D eigenvalue weighted by molar-refractivity contribution is -0.134. The quantitative estimate of drug-likeness (QED) is 0.543. The molecule has 1 N–H and O–H groups in total. The van der Waals surface area contributed by atoms with E-state index in [-0.39, 0.29) is 11.7 Å². The van der Waals surface area contributed by atoms with Crippen molar-refractivity contribution in [2.75, 3.05) is 6.54 Å². The molecule has 5 nitrogen and oxygen atoms in total. The van der Waals surface area contributed by atoms with Crippen LogP contribution in [-0.4, -0.2) is 28.8 Å². The second-order valence-corrected chi connectivity index (χ2v) is 7.78. The van der Waals surface area contributed by atoms with Crippen LogP contribution in [0.2, 0.25) is 5.02 Å². The summed E-state index contributed by atoms with van der Waals surface area (Å²) in [4.78, 5) is 29.1. The predicted molar refractivity (Wildman–Crippen MR) is 117 cm³/mol. The Morgan fingerprint density at radius 2 is 1.63 bits per heavy atom. The molecule has 1 heterocycles. The molecule has 0 bridgehead atoms. The van der Waals surface area contributed by atoms with Crippen LogP contribution in [0.5, 0.6) is 5.75 Å². The van der Waals surface area contributed by atoms with Gasteiger partial charge < -0.3 is 10.1 Å². The molecule has 30 heavy (non-hydrogen) atoms. The van der Waals surface area contributed by atoms with Gasteiger partial charge in [-0.25, -0.2) is 0 Å². The smallest absolute Gasteiger partial charge is 0.263 e. The Bertz CT molecular complexity index is 1000. The fourth-order valence-corrected chi connectivity index (χ4v) is 2.99. The van der Waals surface area contributed by atoms with E-state index in [2.05, 4.69) is 10.3 Å². The lowest BCUT2D eigenvalue weighted by atomic mass is 10.0. The van der Waals surface area contributed by atoms with Gasteiger partial charge in [0.15, 0.2) is 11.4 Å². The Hall–Kier alpha value is -3.18. The van der Waals surface area contributed by atoms with E-state index >= 15 is 0 Å². The topological polar surface area (TPSA) is 68.3 Å². The first-order valence-corrected chi connectivity index (χ1v) is 9.99. The summed E-state index contributed by atoms with van der Waals surface area (Å²) in [5.74, 6) is 0.188. The van der Waals surface area contributed by atoms with Crippen molar-refractivity contribution >= 4 is 23.3 Å². The molecular formula is C24H23ClN2O3. The number of amides is 1. The standard InChI is InChI=1S/C24H23ClN2O3/c1-24(2,23(29)27-15-13-17-4-3-14-26-16-17)30-21-11-7-19(8-12-21)22(28)18-5-9-20(25)10-6-18/h3-12,14,16H,13,15H2,1-2H3,(H,27,29). The van der Waals surface area contributed by atoms with Crippen LogP contribution < -0.4 is 10.1 Å². The minimum absolute atomic E-state index is 0.106. The highest BCUT2D eigenvalue weighted by atomic mass is 35.5. The molecule has 0 saturated carbocycles. The molecule has 0 aliphatic rings. The minimum atomic E-state index is -1.06. The van der Waals surface area contributed by atoms with Crippen molar-refractivity contribution in [3.63, 3.8) is 0 Å². The van der Waals surface area contributed by atoms with Gasteiger partial charge in [-0.1, -0.05) is 17.7 Å². The molecule has 0 radical (unpaired) electrons. The number of pyridine rings is 1. The van der Waals surface area contributed by atoms with Crippen molar-refractivity contribution in [2.45, 2.75) is 25.9 Å². The number of ketones is 1. The normalized spacial score (nSPS) is 11.0. The zero-order valence-electron chi connectivity index (χ0n) is 16.9. The van der Waals surface area contributed by atoms with E-state index in [9.17, 15) is 9.59 Å². The van der Waals surface area contributed by atoms with Crippen molar-refractivity contribution in [1.29, 1.82) is 0 Å². The lowest BCUT2D eigenvalue weighted by Crippen LogP contribution is -2.47. The fraction of sp³-hybridized carbons (Fsp3) is 0.208. The van der Waals surface area contributed by atoms with Crippen LogP contribution in [0.1, 0.15) is 35.3 Å². The molecule has 154 valence electrons. The Morgan fingerprint density at radius 3 is 2.23 bits per heavy atom. The molecule has 0 aliphatic carbocycles. The first-order chi connectivity index (χ1) is 14.3. The SMILES string of the molecule is CC(C)(Oc1ccc(C(=O)c2ccc(Cl)cc2)cc1)C(=O)NCCc1cccnc1. The Morgan fingerprint density at radius 1 is 1.00 bits per heavy atom. The van der Waals surface area contributed by atoms with Gasteiger partial charge in [0.2, 0.25) is 0 Å². The van der Waals surface area contributed by atoms with Crippen LogP contribution in [0, 0.1) is 0 Å². The monoisotopic (exact) mass is 422 g/mol. The number of rotatable bonds is 8. The number of nitrogens with zero attached hydrogens (tertiary/aromatic N) is 1. The van der Waals surface area contributed by atoms with Gasteiger partial charge in [0.1, 0.15) is 5.75 Å². The third kappa shape index (κ3) is 5.67. The number of carbonyl (C=O) groups is 2. The van der Waals surface area contributed by atoms with Gasteiger partial charge in [0, 0.05) is 35.1 Å². The molecule has 1 aromatic heterocycles. The van der Waals surface area contributed by atoms with Gasteiger partial charge in [-0.3, -0.25) is 14.6 Å². The Labute approximate surface area is 181 Å². The summed E-state index contributed by atoms with van der Waals surface area (Å²) >= 11 is 5.87. The van der Waals surface area contributed by atoms with Gasteiger partial charge >= 0.3 is 0 Å². The van der Waals surface area contributed by atoms with Gasteiger partial charge in [-0.2, -0.15) is 0 Å². The number of hydrogen-bond donors (Lipinski definition) is 1. The van der Waals surface area contributed by atoms with Crippen LogP contribution in [0.4, 0.5) is 0 Å². The number of nitrogens with one attached hydrogen (secondary N) is 1. The molecule has 2 aromatic carbocycles. The van der Waals surface area contributed by atoms with E-state index in [0.717, 1.165) is 5.56 Å². The summed E-state index contributed by atoms with van der Waals surface area (Å²) in [5, 5.41) is 3.47. The zero-order valence-corrected chi connectivity index (χ0v) is 17.6. The van der Waals surface area contributed by atoms with E-state index < -0.39 is 5.60 Å². The van der Waals surface area contributed by atoms with Crippen LogP contribution in [0.15, 0.2) is 73.1 Å². The highest BCUT2D eigenvalue weighted by Gasteiger charge is 2.29. The molecule has 6 heteroatoms. The second-order valence-electron chi connectivity index (χ2n) is 7.34. The number of benzene rings is 2. The lowest BCUT2D eigenvalue weighted by Gasteiger charge is -2.25. The molecule has 0 fully saturated rings. The van der Waals surface area contributed by atoms with Crippen molar-refractivity contribution < 1.29 is 14.3 Å². The highest BCUT2D eigenvalue weighted by molar-refractivity contribution is 6.30. The van der Waals surface area contributed by atoms with Crippen LogP contribution in [-0.2, 0) is 11.2 Å². The third-order valence-corrected chi connectivity index (χ3v) is 4.82. The van der Waals surface area contributed by atoms with E-state index in [1.54, 1.807) is 74.8 Å². The maximum atomic E-state index is 12.5. The average Bonchev–Trinajstić information content (AvgIpc) is 2.75. The number of ether oxygens (including phenoxy) is 1. The number of carbonyl (C=O) groups excluding carboxylic acids is 2. The summed E-state index contributed by atoms with van der Waals surface area (Å²) in [5.41, 5.74) is 1.08. The fourth-order valence-electron chi connectivity index (χ4n) is 2.86. The van der Waals surface area contributed by atoms with Gasteiger partial charge in [0.25, 0.3) is 5.91 Å². The van der Waals surface area contributed by atoms with Gasteiger partial charge in [0.05, 0.1) is 0 Å². The Kier molecular flexibility index (Phi) is 6.85. The Balaban J connectivity index is 1.57. The maximum absolute atomic E-state index is 12.5. The molecule has 0 spiro atoms. The highest BCUT2D eigenvalue weighted by Crippen LogP contribution is 2.21. The van der Waals surface area contributed by atoms with E-state index in [1.807, 2.05) is 12.1 Å². The molecule has 3 rings (SSSR count). The first kappa shape index (κ1) is 21.5. The molecule has 0 atom stereocenters. The molecule has 0 unspecified atom stereocenters. The van der Waals surface area contributed by atoms with E-state index in [1.165, 1.54) is 0 Å². The molecule has 0 saturated heterocycles. The van der Waals surface area contributed by atoms with Crippen LogP contribution in [0.3, 0.4) is 0 Å². The summed E-state index contributed by atoms with van der Waals surface area (Å²) in [6.45, 7) is 3.91. The summed E-state index contributed by atoms with van der Waals surface area (Å²) in [7, 11) is 0. The largest absolute Gasteiger partial charge is 0.478 e. The van der Waals surface area contributed by atoms with Crippen molar-refractivity contribution in [2.24, 2.45) is 0 Å². The number of hydrogen-bond acceptors (Lipinski definition) is 4. The minimum Gasteiger partial charge on any atom is -0.478 e. The van der Waals surface area contributed by atoms with Gasteiger partial charge in [-0.05, 0) is 80.4 Å². The molecular weight excluding hydrogens is 400 g/mol. The zero-order chi connectivity index (χ0) is 21.6. The molecule has 3 aromatic rings. The predicted octanol–water partition coefficient (Wildman–Crippen LogP) is 4.48. The number of halogens is 1. The van der Waals surface area contributed by atoms with E-state index in [4.69, 9.17) is 16.3 Å². The van der Waals surface area contributed by atoms with Gasteiger partial charge in [-0.15, -0.1) is 0 Å². The van der Waals surface area contributed by atoms with Crippen molar-refractivity contribution in [3.05, 3.63) is 94.8 Å². The number of aromatic nitrogens is 1. The van der Waals surface area contributed by atoms with Crippen molar-refractivity contribution in [1.82, 2.24) is 10.3 Å². The summed E-state index contributed by atoms with van der Waals surface area (Å²) in [6.07, 6.45) is 4.19. The third-order valence-electron chi connectivity index (χ3n) is 4.56. The molecule has 0 aliphatic heterocycles. The van der Waals surface area contributed by atoms with Crippen LogP contribution >= 0.6 is 11.6 Å². The van der Waals surface area contributed by atoms with Crippen LogP contribution in [0.25, 0.3) is 0 Å². The van der Waals surface area contributed by atoms with E-state index in [0.29, 0.717) is 34.9 Å². The summed E-state index contributed by atoms with van der Waals surface area (Å²) < 4.78 is 5.87. The van der Waals surface area contributed by atoms with Crippen molar-refractivity contribution in [3.8, 4) is 5.75 Å². The maximum Gasteiger partial charge on any atom is 0.263 e. The molecule has 1 amide bonds. The second kappa shape index (κ2) is 9.55. The first-order valence-electron chi connectivity index (χ1n) is 9.62. The summed E-state index contributed by atoms with van der Waals surface area (Å²) in [6, 6.07) is 17.3.